The summed E-state index contributed by atoms with van der Waals surface area (Å²) in [7, 11) is 1.56. The molecule has 0 bridgehead atoms. The van der Waals surface area contributed by atoms with E-state index in [0.29, 0.717) is 47.8 Å². The van der Waals surface area contributed by atoms with E-state index in [-0.39, 0.29) is 11.5 Å². The Labute approximate surface area is 223 Å². The van der Waals surface area contributed by atoms with Crippen LogP contribution >= 0.6 is 0 Å². The van der Waals surface area contributed by atoms with Gasteiger partial charge in [0.25, 0.3) is 0 Å². The van der Waals surface area contributed by atoms with Crippen LogP contribution in [0.3, 0.4) is 0 Å². The summed E-state index contributed by atoms with van der Waals surface area (Å²) < 4.78 is 47.2. The number of carbonyl (C=O) groups excluding carboxylic acids is 1. The minimum Gasteiger partial charge on any atom is -0.476 e. The summed E-state index contributed by atoms with van der Waals surface area (Å²) >= 11 is 0. The van der Waals surface area contributed by atoms with Crippen LogP contribution in [-0.2, 0) is 4.79 Å². The van der Waals surface area contributed by atoms with Crippen molar-refractivity contribution in [3.63, 3.8) is 0 Å². The first-order valence-corrected chi connectivity index (χ1v) is 12.3. The van der Waals surface area contributed by atoms with Gasteiger partial charge in [-0.05, 0) is 40.5 Å². The molecule has 0 radical (unpaired) electrons. The number of halogens is 3. The number of nitrogens with one attached hydrogen (secondary N) is 3. The summed E-state index contributed by atoms with van der Waals surface area (Å²) in [6, 6.07) is 17.3. The van der Waals surface area contributed by atoms with E-state index < -0.39 is 12.6 Å². The molecule has 7 nitrogen and oxygen atoms in total. The van der Waals surface area contributed by atoms with Crippen molar-refractivity contribution < 1.29 is 22.7 Å². The van der Waals surface area contributed by atoms with Gasteiger partial charge >= 0.3 is 6.18 Å². The molecule has 2 aromatic carbocycles. The lowest BCUT2D eigenvalue weighted by atomic mass is 9.88. The number of hydrogen-bond acceptors (Lipinski definition) is 5. The van der Waals surface area contributed by atoms with Crippen LogP contribution < -0.4 is 15.4 Å². The second kappa shape index (κ2) is 12.9. The average Bonchev–Trinajstić information content (AvgIpc) is 3.41. The minimum atomic E-state index is -4.42. The van der Waals surface area contributed by atoms with Crippen LogP contribution in [0.4, 0.5) is 13.2 Å². The summed E-state index contributed by atoms with van der Waals surface area (Å²) in [6.07, 6.45) is 0.782. The van der Waals surface area contributed by atoms with E-state index in [0.717, 1.165) is 10.9 Å². The Kier molecular flexibility index (Phi) is 9.11. The molecule has 4 rings (SSSR count). The molecule has 0 spiro atoms. The Morgan fingerprint density at radius 3 is 2.54 bits per heavy atom. The molecule has 202 valence electrons. The molecular formula is C29H28F3N5O2. The van der Waals surface area contributed by atoms with Crippen LogP contribution in [-0.4, -0.2) is 54.0 Å². The molecular weight excluding hydrogens is 507 g/mol. The monoisotopic (exact) mass is 535 g/mol. The average molecular weight is 536 g/mol. The van der Waals surface area contributed by atoms with Gasteiger partial charge in [-0.3, -0.25) is 9.89 Å². The molecule has 0 aliphatic heterocycles. The molecule has 0 saturated heterocycles. The summed E-state index contributed by atoms with van der Waals surface area (Å²) in [4.78, 5) is 15.5. The normalized spacial score (nSPS) is 12.5. The smallest absolute Gasteiger partial charge is 0.393 e. The lowest BCUT2D eigenvalue weighted by molar-refractivity contribution is -0.123. The highest BCUT2D eigenvalue weighted by atomic mass is 19.4. The molecule has 10 heteroatoms. The van der Waals surface area contributed by atoms with Crippen LogP contribution in [0.1, 0.15) is 23.1 Å². The van der Waals surface area contributed by atoms with Gasteiger partial charge in [0.15, 0.2) is 0 Å². The first kappa shape index (κ1) is 27.6. The zero-order chi connectivity index (χ0) is 27.7. The van der Waals surface area contributed by atoms with Gasteiger partial charge in [-0.25, -0.2) is 4.98 Å². The lowest BCUT2D eigenvalue weighted by Gasteiger charge is -2.19. The maximum Gasteiger partial charge on any atom is 0.393 e. The summed E-state index contributed by atoms with van der Waals surface area (Å²) in [5.74, 6) is 0.171. The maximum absolute atomic E-state index is 13.8. The third-order valence-corrected chi connectivity index (χ3v) is 5.86. The summed E-state index contributed by atoms with van der Waals surface area (Å²) in [6.45, 7) is 1.34. The van der Waals surface area contributed by atoms with Gasteiger partial charge in [0.1, 0.15) is 6.61 Å². The van der Waals surface area contributed by atoms with E-state index >= 15 is 0 Å². The summed E-state index contributed by atoms with van der Waals surface area (Å²) in [5, 5.41) is 13.3. The first-order valence-electron chi connectivity index (χ1n) is 12.3. The zero-order valence-electron chi connectivity index (χ0n) is 21.3. The number of pyridine rings is 1. The number of aromatic nitrogens is 3. The highest BCUT2D eigenvalue weighted by Gasteiger charge is 2.31. The maximum atomic E-state index is 13.8. The number of benzene rings is 2. The molecule has 0 unspecified atom stereocenters. The van der Waals surface area contributed by atoms with Crippen molar-refractivity contribution in [2.75, 3.05) is 26.7 Å². The number of ether oxygens (including phenoxy) is 1. The third-order valence-electron chi connectivity index (χ3n) is 5.86. The first-order chi connectivity index (χ1) is 18.8. The van der Waals surface area contributed by atoms with Crippen molar-refractivity contribution >= 4 is 28.0 Å². The molecule has 39 heavy (non-hydrogen) atoms. The van der Waals surface area contributed by atoms with Gasteiger partial charge in [-0.15, -0.1) is 0 Å². The molecule has 0 atom stereocenters. The van der Waals surface area contributed by atoms with Crippen LogP contribution in [0.2, 0.25) is 0 Å². The Hall–Kier alpha value is -4.44. The molecule has 2 aromatic heterocycles. The number of likely N-dealkylation sites (N-methyl/N-ethyl adjacent to an activating group) is 1. The lowest BCUT2D eigenvalue weighted by Crippen LogP contribution is -2.22. The van der Waals surface area contributed by atoms with Crippen LogP contribution in [0.15, 0.2) is 85.2 Å². The molecule has 0 saturated carbocycles. The molecule has 0 aliphatic rings. The van der Waals surface area contributed by atoms with E-state index in [1.807, 2.05) is 6.07 Å². The van der Waals surface area contributed by atoms with Crippen molar-refractivity contribution in [3.05, 3.63) is 102 Å². The highest BCUT2D eigenvalue weighted by Crippen LogP contribution is 2.39. The fourth-order valence-corrected chi connectivity index (χ4v) is 4.06. The Morgan fingerprint density at radius 1 is 1.03 bits per heavy atom. The van der Waals surface area contributed by atoms with E-state index in [9.17, 15) is 18.0 Å². The van der Waals surface area contributed by atoms with Gasteiger partial charge in [-0.1, -0.05) is 42.5 Å². The molecule has 1 amide bonds. The predicted octanol–water partition coefficient (Wildman–Crippen LogP) is 5.14. The highest BCUT2D eigenvalue weighted by molar-refractivity contribution is 6.00. The standard InChI is InChI=1S/C29H28F3N5O2/c1-33-26(38)8-5-13-34-14-15-39-27-12-10-22(18-35-27)28(21-9-11-25-23(16-21)19-36-37-25)24(17-29(30,31)32)20-6-3-2-4-7-20/h2-12,16,18-19,34H,13-15,17H2,1H3,(H,33,38)(H,36,37)/b8-5+,28-24-. The van der Waals surface area contributed by atoms with Crippen molar-refractivity contribution in [1.29, 1.82) is 0 Å². The molecule has 2 heterocycles. The predicted molar refractivity (Wildman–Crippen MR) is 145 cm³/mol. The molecule has 4 aromatic rings. The van der Waals surface area contributed by atoms with Crippen molar-refractivity contribution in [3.8, 4) is 5.88 Å². The Balaban J connectivity index is 1.61. The van der Waals surface area contributed by atoms with Gasteiger partial charge < -0.3 is 15.4 Å². The van der Waals surface area contributed by atoms with Crippen LogP contribution in [0.5, 0.6) is 5.88 Å². The molecule has 0 aliphatic carbocycles. The van der Waals surface area contributed by atoms with Crippen molar-refractivity contribution in [2.45, 2.75) is 12.6 Å². The number of carbonyl (C=O) groups is 1. The fourth-order valence-electron chi connectivity index (χ4n) is 4.06. The molecule has 0 fully saturated rings. The Bertz CT molecular complexity index is 1450. The molecule has 3 N–H and O–H groups in total. The number of H-pyrrole nitrogens is 1. The Morgan fingerprint density at radius 2 is 1.82 bits per heavy atom. The third kappa shape index (κ3) is 7.78. The van der Waals surface area contributed by atoms with Crippen molar-refractivity contribution in [1.82, 2.24) is 25.8 Å². The number of alkyl halides is 3. The largest absolute Gasteiger partial charge is 0.476 e. The van der Waals surface area contributed by atoms with E-state index in [4.69, 9.17) is 4.74 Å². The van der Waals surface area contributed by atoms with E-state index in [1.165, 1.54) is 12.3 Å². The number of hydrogen-bond donors (Lipinski definition) is 3. The zero-order valence-corrected chi connectivity index (χ0v) is 21.3. The quantitative estimate of drug-likeness (QED) is 0.141. The number of allylic oxidation sites excluding steroid dienone is 1. The number of fused-ring (bicyclic) bond motifs is 1. The summed E-state index contributed by atoms with van der Waals surface area (Å²) in [5.41, 5.74) is 3.01. The number of aromatic amines is 1. The van der Waals surface area contributed by atoms with E-state index in [1.54, 1.807) is 73.9 Å². The SMILES string of the molecule is CNC(=O)/C=C/CNCCOc1ccc(/C(=C(/CC(F)(F)F)c2ccccc2)c2ccc3[nH]ncc3c2)cn1. The van der Waals surface area contributed by atoms with Gasteiger partial charge in [-0.2, -0.15) is 18.3 Å². The minimum absolute atomic E-state index is 0.149. The fraction of sp³-hybridized carbons (Fsp3) is 0.207. The second-order valence-corrected chi connectivity index (χ2v) is 8.64. The number of rotatable bonds is 11. The van der Waals surface area contributed by atoms with Crippen molar-refractivity contribution in [2.24, 2.45) is 0 Å². The van der Waals surface area contributed by atoms with E-state index in [2.05, 4.69) is 25.8 Å². The number of nitrogens with zero attached hydrogens (tertiary/aromatic N) is 2. The van der Waals surface area contributed by atoms with Crippen LogP contribution in [0, 0.1) is 0 Å². The van der Waals surface area contributed by atoms with Gasteiger partial charge in [0, 0.05) is 49.4 Å². The van der Waals surface area contributed by atoms with Gasteiger partial charge in [0.2, 0.25) is 11.8 Å². The topological polar surface area (TPSA) is 91.9 Å². The number of amides is 1. The second-order valence-electron chi connectivity index (χ2n) is 8.64. The van der Waals surface area contributed by atoms with Gasteiger partial charge in [0.05, 0.1) is 18.1 Å². The van der Waals surface area contributed by atoms with Crippen LogP contribution in [0.25, 0.3) is 22.0 Å².